The SMILES string of the molecule is COc1ccc(C(CNC(C)=O)N2CCN(C)CC2)cc1. The first kappa shape index (κ1) is 15.8. The van der Waals surface area contributed by atoms with Gasteiger partial charge in [-0.15, -0.1) is 0 Å². The van der Waals surface area contributed by atoms with Gasteiger partial charge in [-0.3, -0.25) is 9.69 Å². The maximum absolute atomic E-state index is 11.3. The Bertz CT molecular complexity index is 453. The fraction of sp³-hybridized carbons (Fsp3) is 0.562. The third-order valence-corrected chi connectivity index (χ3v) is 4.02. The molecule has 0 aromatic heterocycles. The molecule has 0 bridgehead atoms. The second-order valence-corrected chi connectivity index (χ2v) is 5.57. The minimum atomic E-state index is 0.0163. The van der Waals surface area contributed by atoms with Gasteiger partial charge >= 0.3 is 0 Å². The molecule has 2 rings (SSSR count). The smallest absolute Gasteiger partial charge is 0.216 e. The third-order valence-electron chi connectivity index (χ3n) is 4.02. The van der Waals surface area contributed by atoms with Gasteiger partial charge in [-0.2, -0.15) is 0 Å². The van der Waals surface area contributed by atoms with Gasteiger partial charge in [0.2, 0.25) is 5.91 Å². The molecule has 1 unspecified atom stereocenters. The van der Waals surface area contributed by atoms with Crippen LogP contribution >= 0.6 is 0 Å². The predicted molar refractivity (Wildman–Crippen MR) is 83.5 cm³/mol. The zero-order chi connectivity index (χ0) is 15.2. The second kappa shape index (κ2) is 7.43. The largest absolute Gasteiger partial charge is 0.497 e. The molecule has 5 nitrogen and oxygen atoms in total. The van der Waals surface area contributed by atoms with Gasteiger partial charge in [0.25, 0.3) is 0 Å². The molecule has 0 aliphatic carbocycles. The van der Waals surface area contributed by atoms with E-state index in [1.54, 1.807) is 14.0 Å². The van der Waals surface area contributed by atoms with E-state index in [0.29, 0.717) is 6.54 Å². The molecule has 0 radical (unpaired) electrons. The van der Waals surface area contributed by atoms with E-state index in [1.165, 1.54) is 5.56 Å². The quantitative estimate of drug-likeness (QED) is 0.883. The molecular weight excluding hydrogens is 266 g/mol. The number of nitrogens with zero attached hydrogens (tertiary/aromatic N) is 2. The summed E-state index contributed by atoms with van der Waals surface area (Å²) in [6, 6.07) is 8.35. The third kappa shape index (κ3) is 4.44. The van der Waals surface area contributed by atoms with Crippen molar-refractivity contribution in [1.29, 1.82) is 0 Å². The van der Waals surface area contributed by atoms with Crippen LogP contribution in [0.4, 0.5) is 0 Å². The van der Waals surface area contributed by atoms with E-state index in [9.17, 15) is 4.79 Å². The van der Waals surface area contributed by atoms with E-state index in [1.807, 2.05) is 12.1 Å². The molecule has 1 aromatic carbocycles. The molecule has 0 spiro atoms. The number of rotatable bonds is 5. The van der Waals surface area contributed by atoms with Crippen molar-refractivity contribution in [3.05, 3.63) is 29.8 Å². The van der Waals surface area contributed by atoms with Crippen LogP contribution in [0, 0.1) is 0 Å². The van der Waals surface area contributed by atoms with E-state index >= 15 is 0 Å². The molecule has 1 atom stereocenters. The molecular formula is C16H25N3O2. The lowest BCUT2D eigenvalue weighted by Gasteiger charge is -2.38. The molecule has 5 heteroatoms. The number of nitrogens with one attached hydrogen (secondary N) is 1. The van der Waals surface area contributed by atoms with Crippen LogP contribution < -0.4 is 10.1 Å². The second-order valence-electron chi connectivity index (χ2n) is 5.57. The number of carbonyl (C=O) groups is 1. The summed E-state index contributed by atoms with van der Waals surface area (Å²) in [4.78, 5) is 16.0. The first-order valence-electron chi connectivity index (χ1n) is 7.41. The Kier molecular flexibility index (Phi) is 5.59. The number of hydrogen-bond donors (Lipinski definition) is 1. The zero-order valence-electron chi connectivity index (χ0n) is 13.1. The summed E-state index contributed by atoms with van der Waals surface area (Å²) in [5.74, 6) is 0.873. The zero-order valence-corrected chi connectivity index (χ0v) is 13.1. The maximum atomic E-state index is 11.3. The number of piperazine rings is 1. The predicted octanol–water partition coefficient (Wildman–Crippen LogP) is 1.12. The van der Waals surface area contributed by atoms with Gasteiger partial charge in [0.1, 0.15) is 5.75 Å². The van der Waals surface area contributed by atoms with Crippen molar-refractivity contribution < 1.29 is 9.53 Å². The lowest BCUT2D eigenvalue weighted by Crippen LogP contribution is -2.48. The Morgan fingerprint density at radius 1 is 1.24 bits per heavy atom. The van der Waals surface area contributed by atoms with Crippen molar-refractivity contribution in [1.82, 2.24) is 15.1 Å². The van der Waals surface area contributed by atoms with E-state index in [0.717, 1.165) is 31.9 Å². The number of benzene rings is 1. The lowest BCUT2D eigenvalue weighted by atomic mass is 10.0. The summed E-state index contributed by atoms with van der Waals surface area (Å²) in [6.07, 6.45) is 0. The fourth-order valence-electron chi connectivity index (χ4n) is 2.66. The average Bonchev–Trinajstić information content (AvgIpc) is 2.49. The Morgan fingerprint density at radius 2 is 1.86 bits per heavy atom. The Labute approximate surface area is 126 Å². The number of carbonyl (C=O) groups excluding carboxylic acids is 1. The summed E-state index contributed by atoms with van der Waals surface area (Å²) in [5, 5.41) is 2.96. The van der Waals surface area contributed by atoms with Crippen LogP contribution in [0.15, 0.2) is 24.3 Å². The highest BCUT2D eigenvalue weighted by molar-refractivity contribution is 5.72. The van der Waals surface area contributed by atoms with Crippen LogP contribution in [-0.2, 0) is 4.79 Å². The van der Waals surface area contributed by atoms with Gasteiger partial charge in [-0.1, -0.05) is 12.1 Å². The molecule has 21 heavy (non-hydrogen) atoms. The molecule has 1 saturated heterocycles. The van der Waals surface area contributed by atoms with E-state index in [2.05, 4.69) is 34.3 Å². The van der Waals surface area contributed by atoms with Crippen LogP contribution in [-0.4, -0.2) is 62.6 Å². The molecule has 1 aliphatic heterocycles. The van der Waals surface area contributed by atoms with E-state index in [4.69, 9.17) is 4.74 Å². The van der Waals surface area contributed by atoms with Crippen molar-refractivity contribution in [2.75, 3.05) is 46.9 Å². The average molecular weight is 291 g/mol. The van der Waals surface area contributed by atoms with Gasteiger partial charge in [-0.05, 0) is 24.7 Å². The summed E-state index contributed by atoms with van der Waals surface area (Å²) in [5.41, 5.74) is 1.22. The highest BCUT2D eigenvalue weighted by Gasteiger charge is 2.24. The van der Waals surface area contributed by atoms with Crippen molar-refractivity contribution in [3.8, 4) is 5.75 Å². The summed E-state index contributed by atoms with van der Waals surface area (Å²) < 4.78 is 5.22. The van der Waals surface area contributed by atoms with Crippen molar-refractivity contribution in [2.24, 2.45) is 0 Å². The minimum absolute atomic E-state index is 0.0163. The minimum Gasteiger partial charge on any atom is -0.497 e. The Morgan fingerprint density at radius 3 is 2.38 bits per heavy atom. The summed E-state index contributed by atoms with van der Waals surface area (Å²) >= 11 is 0. The maximum Gasteiger partial charge on any atom is 0.216 e. The standard InChI is InChI=1S/C16H25N3O2/c1-13(20)17-12-16(19-10-8-18(2)9-11-19)14-4-6-15(21-3)7-5-14/h4-7,16H,8-12H2,1-3H3,(H,17,20). The number of hydrogen-bond acceptors (Lipinski definition) is 4. The molecule has 1 heterocycles. The van der Waals surface area contributed by atoms with Gasteiger partial charge in [0.05, 0.1) is 13.2 Å². The number of ether oxygens (including phenoxy) is 1. The molecule has 1 N–H and O–H groups in total. The van der Waals surface area contributed by atoms with Crippen LogP contribution in [0.25, 0.3) is 0 Å². The van der Waals surface area contributed by atoms with Gasteiger partial charge in [0.15, 0.2) is 0 Å². The van der Waals surface area contributed by atoms with Crippen LogP contribution in [0.5, 0.6) is 5.75 Å². The Hall–Kier alpha value is -1.59. The highest BCUT2D eigenvalue weighted by atomic mass is 16.5. The summed E-state index contributed by atoms with van der Waals surface area (Å²) in [6.45, 7) is 6.37. The fourth-order valence-corrected chi connectivity index (χ4v) is 2.66. The summed E-state index contributed by atoms with van der Waals surface area (Å²) in [7, 11) is 3.82. The number of likely N-dealkylation sites (N-methyl/N-ethyl adjacent to an activating group) is 1. The van der Waals surface area contributed by atoms with Gasteiger partial charge in [-0.25, -0.2) is 0 Å². The van der Waals surface area contributed by atoms with Crippen LogP contribution in [0.1, 0.15) is 18.5 Å². The van der Waals surface area contributed by atoms with Gasteiger partial charge in [0, 0.05) is 39.6 Å². The van der Waals surface area contributed by atoms with Crippen LogP contribution in [0.2, 0.25) is 0 Å². The first-order valence-corrected chi connectivity index (χ1v) is 7.41. The topological polar surface area (TPSA) is 44.8 Å². The Balaban J connectivity index is 2.11. The molecule has 0 saturated carbocycles. The lowest BCUT2D eigenvalue weighted by molar-refractivity contribution is -0.119. The monoisotopic (exact) mass is 291 g/mol. The van der Waals surface area contributed by atoms with Crippen molar-refractivity contribution >= 4 is 5.91 Å². The van der Waals surface area contributed by atoms with Gasteiger partial charge < -0.3 is 15.0 Å². The molecule has 1 aromatic rings. The molecule has 1 aliphatic rings. The van der Waals surface area contributed by atoms with Crippen molar-refractivity contribution in [3.63, 3.8) is 0 Å². The molecule has 1 amide bonds. The molecule has 1 fully saturated rings. The van der Waals surface area contributed by atoms with Crippen molar-refractivity contribution in [2.45, 2.75) is 13.0 Å². The van der Waals surface area contributed by atoms with E-state index < -0.39 is 0 Å². The number of methoxy groups -OCH3 is 1. The highest BCUT2D eigenvalue weighted by Crippen LogP contribution is 2.23. The molecule has 116 valence electrons. The number of amides is 1. The normalized spacial score (nSPS) is 18.2. The van der Waals surface area contributed by atoms with Crippen LogP contribution in [0.3, 0.4) is 0 Å². The first-order chi connectivity index (χ1) is 10.1. The van der Waals surface area contributed by atoms with E-state index in [-0.39, 0.29) is 11.9 Å².